The molecule has 0 spiro atoms. The van der Waals surface area contributed by atoms with E-state index in [4.69, 9.17) is 11.6 Å². The third-order valence-corrected chi connectivity index (χ3v) is 2.83. The standard InChI is InChI=1S/C13H9ClFNO2/c14-10-6-8(3-4-11(10)15)12(13(17)18)9-2-1-5-16-7-9/h1-7,12H,(H,17,18). The van der Waals surface area contributed by atoms with Crippen molar-refractivity contribution in [1.82, 2.24) is 4.98 Å². The van der Waals surface area contributed by atoms with Gasteiger partial charge in [-0.15, -0.1) is 0 Å². The second-order valence-electron chi connectivity index (χ2n) is 3.73. The smallest absolute Gasteiger partial charge is 0.315 e. The van der Waals surface area contributed by atoms with Crippen LogP contribution in [0.2, 0.25) is 5.02 Å². The van der Waals surface area contributed by atoms with Crippen molar-refractivity contribution >= 4 is 17.6 Å². The molecule has 18 heavy (non-hydrogen) atoms. The molecule has 1 unspecified atom stereocenters. The predicted molar refractivity (Wildman–Crippen MR) is 65.1 cm³/mol. The van der Waals surface area contributed by atoms with Gasteiger partial charge in [-0.05, 0) is 29.3 Å². The van der Waals surface area contributed by atoms with Gasteiger partial charge in [-0.1, -0.05) is 23.7 Å². The van der Waals surface area contributed by atoms with Crippen LogP contribution < -0.4 is 0 Å². The van der Waals surface area contributed by atoms with E-state index in [0.717, 1.165) is 6.07 Å². The molecule has 5 heteroatoms. The van der Waals surface area contributed by atoms with E-state index in [-0.39, 0.29) is 5.02 Å². The van der Waals surface area contributed by atoms with E-state index in [9.17, 15) is 14.3 Å². The number of nitrogens with zero attached hydrogens (tertiary/aromatic N) is 1. The van der Waals surface area contributed by atoms with Gasteiger partial charge in [0.1, 0.15) is 11.7 Å². The molecule has 1 heterocycles. The topological polar surface area (TPSA) is 50.2 Å². The molecule has 2 rings (SSSR count). The number of carboxylic acid groups (broad SMARTS) is 1. The molecule has 0 bridgehead atoms. The molecule has 1 aromatic carbocycles. The molecule has 0 saturated carbocycles. The molecule has 0 radical (unpaired) electrons. The van der Waals surface area contributed by atoms with E-state index in [1.807, 2.05) is 0 Å². The molecule has 2 aromatic rings. The van der Waals surface area contributed by atoms with E-state index in [0.29, 0.717) is 11.1 Å². The number of carbonyl (C=O) groups is 1. The van der Waals surface area contributed by atoms with Gasteiger partial charge in [0.25, 0.3) is 0 Å². The fraction of sp³-hybridized carbons (Fsp3) is 0.0769. The highest BCUT2D eigenvalue weighted by atomic mass is 35.5. The molecule has 92 valence electrons. The van der Waals surface area contributed by atoms with Crippen molar-refractivity contribution in [1.29, 1.82) is 0 Å². The minimum absolute atomic E-state index is 0.0948. The molecule has 0 aliphatic heterocycles. The van der Waals surface area contributed by atoms with Crippen LogP contribution >= 0.6 is 11.6 Å². The summed E-state index contributed by atoms with van der Waals surface area (Å²) in [5.74, 6) is -2.52. The predicted octanol–water partition coefficient (Wildman–Crippen LogP) is 3.09. The first kappa shape index (κ1) is 12.5. The number of aliphatic carboxylic acids is 1. The summed E-state index contributed by atoms with van der Waals surface area (Å²) < 4.78 is 13.1. The maximum Gasteiger partial charge on any atom is 0.315 e. The maximum absolute atomic E-state index is 13.1. The molecule has 3 nitrogen and oxygen atoms in total. The minimum Gasteiger partial charge on any atom is -0.481 e. The zero-order chi connectivity index (χ0) is 13.1. The third kappa shape index (κ3) is 2.49. The Morgan fingerprint density at radius 1 is 1.33 bits per heavy atom. The summed E-state index contributed by atoms with van der Waals surface area (Å²) in [6.45, 7) is 0. The minimum atomic E-state index is -1.04. The Balaban J connectivity index is 2.49. The molecule has 0 saturated heterocycles. The number of rotatable bonds is 3. The highest BCUT2D eigenvalue weighted by Gasteiger charge is 2.23. The number of benzene rings is 1. The molecule has 1 N–H and O–H groups in total. The Morgan fingerprint density at radius 3 is 2.67 bits per heavy atom. The number of hydrogen-bond acceptors (Lipinski definition) is 2. The van der Waals surface area contributed by atoms with Crippen LogP contribution in [0.15, 0.2) is 42.7 Å². The number of aromatic nitrogens is 1. The van der Waals surface area contributed by atoms with Crippen molar-refractivity contribution < 1.29 is 14.3 Å². The van der Waals surface area contributed by atoms with Gasteiger partial charge in [-0.25, -0.2) is 4.39 Å². The summed E-state index contributed by atoms with van der Waals surface area (Å²) in [6.07, 6.45) is 3.02. The van der Waals surface area contributed by atoms with E-state index in [1.165, 1.54) is 18.3 Å². The fourth-order valence-corrected chi connectivity index (χ4v) is 1.91. The lowest BCUT2D eigenvalue weighted by Gasteiger charge is -2.13. The van der Waals surface area contributed by atoms with Crippen LogP contribution in [0.4, 0.5) is 4.39 Å². The lowest BCUT2D eigenvalue weighted by molar-refractivity contribution is -0.137. The highest BCUT2D eigenvalue weighted by molar-refractivity contribution is 6.30. The summed E-state index contributed by atoms with van der Waals surface area (Å²) in [4.78, 5) is 15.2. The van der Waals surface area contributed by atoms with Crippen molar-refractivity contribution in [2.24, 2.45) is 0 Å². The summed E-state index contributed by atoms with van der Waals surface area (Å²) in [6, 6.07) is 7.19. The van der Waals surface area contributed by atoms with Gasteiger partial charge in [0.15, 0.2) is 0 Å². The zero-order valence-electron chi connectivity index (χ0n) is 9.18. The van der Waals surface area contributed by atoms with Crippen LogP contribution in [-0.4, -0.2) is 16.1 Å². The average Bonchev–Trinajstić information content (AvgIpc) is 2.35. The Bertz CT molecular complexity index is 574. The Hall–Kier alpha value is -1.94. The lowest BCUT2D eigenvalue weighted by Crippen LogP contribution is -2.13. The van der Waals surface area contributed by atoms with Crippen molar-refractivity contribution in [2.75, 3.05) is 0 Å². The average molecular weight is 266 g/mol. The summed E-state index contributed by atoms with van der Waals surface area (Å²) >= 11 is 5.67. The number of carboxylic acids is 1. The summed E-state index contributed by atoms with van der Waals surface area (Å²) in [5.41, 5.74) is 0.939. The van der Waals surface area contributed by atoms with Crippen molar-refractivity contribution in [2.45, 2.75) is 5.92 Å². The van der Waals surface area contributed by atoms with Gasteiger partial charge in [0.2, 0.25) is 0 Å². The van der Waals surface area contributed by atoms with E-state index in [1.54, 1.807) is 18.3 Å². The zero-order valence-corrected chi connectivity index (χ0v) is 9.93. The molecular weight excluding hydrogens is 257 g/mol. The maximum atomic E-state index is 13.1. The Labute approximate surface area is 108 Å². The van der Waals surface area contributed by atoms with Gasteiger partial charge in [-0.3, -0.25) is 9.78 Å². The first-order valence-electron chi connectivity index (χ1n) is 5.17. The van der Waals surface area contributed by atoms with Gasteiger partial charge in [-0.2, -0.15) is 0 Å². The van der Waals surface area contributed by atoms with Crippen LogP contribution in [-0.2, 0) is 4.79 Å². The van der Waals surface area contributed by atoms with Gasteiger partial charge in [0.05, 0.1) is 5.02 Å². The summed E-state index contributed by atoms with van der Waals surface area (Å²) in [5, 5.41) is 9.18. The largest absolute Gasteiger partial charge is 0.481 e. The molecule has 0 aliphatic rings. The second-order valence-corrected chi connectivity index (χ2v) is 4.14. The first-order valence-corrected chi connectivity index (χ1v) is 5.55. The van der Waals surface area contributed by atoms with E-state index < -0.39 is 17.7 Å². The highest BCUT2D eigenvalue weighted by Crippen LogP contribution is 2.27. The van der Waals surface area contributed by atoms with Gasteiger partial charge < -0.3 is 5.11 Å². The normalized spacial score (nSPS) is 12.1. The van der Waals surface area contributed by atoms with Crippen LogP contribution in [0, 0.1) is 5.82 Å². The monoisotopic (exact) mass is 265 g/mol. The molecule has 0 fully saturated rings. The van der Waals surface area contributed by atoms with Crippen LogP contribution in [0.3, 0.4) is 0 Å². The number of halogens is 2. The third-order valence-electron chi connectivity index (χ3n) is 2.54. The molecule has 1 aromatic heterocycles. The summed E-state index contributed by atoms with van der Waals surface area (Å²) in [7, 11) is 0. The first-order chi connectivity index (χ1) is 8.59. The van der Waals surface area contributed by atoms with Gasteiger partial charge >= 0.3 is 5.97 Å². The van der Waals surface area contributed by atoms with Crippen molar-refractivity contribution in [3.05, 3.63) is 64.7 Å². The van der Waals surface area contributed by atoms with Crippen LogP contribution in [0.5, 0.6) is 0 Å². The Morgan fingerprint density at radius 2 is 2.11 bits per heavy atom. The van der Waals surface area contributed by atoms with Crippen molar-refractivity contribution in [3.63, 3.8) is 0 Å². The number of hydrogen-bond donors (Lipinski definition) is 1. The number of pyridine rings is 1. The molecule has 0 amide bonds. The lowest BCUT2D eigenvalue weighted by atomic mass is 9.92. The molecule has 1 atom stereocenters. The van der Waals surface area contributed by atoms with E-state index >= 15 is 0 Å². The second kappa shape index (κ2) is 5.14. The van der Waals surface area contributed by atoms with Gasteiger partial charge in [0, 0.05) is 12.4 Å². The SMILES string of the molecule is O=C(O)C(c1cccnc1)c1ccc(F)c(Cl)c1. The van der Waals surface area contributed by atoms with Crippen LogP contribution in [0.1, 0.15) is 17.0 Å². The van der Waals surface area contributed by atoms with E-state index in [2.05, 4.69) is 4.98 Å². The Kier molecular flexibility index (Phi) is 3.58. The molecular formula is C13H9ClFNO2. The van der Waals surface area contributed by atoms with Crippen molar-refractivity contribution in [3.8, 4) is 0 Å². The quantitative estimate of drug-likeness (QED) is 0.928. The fourth-order valence-electron chi connectivity index (χ4n) is 1.72. The molecule has 0 aliphatic carbocycles. The van der Waals surface area contributed by atoms with Crippen LogP contribution in [0.25, 0.3) is 0 Å².